The van der Waals surface area contributed by atoms with Crippen molar-refractivity contribution < 1.29 is 26.3 Å². The monoisotopic (exact) mass is 311 g/mol. The van der Waals surface area contributed by atoms with E-state index in [1.165, 1.54) is 24.3 Å². The van der Waals surface area contributed by atoms with Gasteiger partial charge in [-0.25, -0.2) is 0 Å². The van der Waals surface area contributed by atoms with E-state index in [9.17, 15) is 8.30 Å². The van der Waals surface area contributed by atoms with Crippen LogP contribution in [-0.4, -0.2) is 38.4 Å². The summed E-state index contributed by atoms with van der Waals surface area (Å²) in [5.41, 5.74) is 0.0401. The second-order valence-corrected chi connectivity index (χ2v) is 8.00. The molecule has 0 amide bonds. The van der Waals surface area contributed by atoms with Gasteiger partial charge in [0.2, 0.25) is 0 Å². The summed E-state index contributed by atoms with van der Waals surface area (Å²) >= 11 is -5.08. The van der Waals surface area contributed by atoms with Gasteiger partial charge in [-0.1, -0.05) is 0 Å². The maximum atomic E-state index is 11.1. The summed E-state index contributed by atoms with van der Waals surface area (Å²) < 4.78 is 39.6. The van der Waals surface area contributed by atoms with Gasteiger partial charge in [0.15, 0.2) is 0 Å². The molecule has 0 aliphatic carbocycles. The second-order valence-electron chi connectivity index (χ2n) is 3.06. The fourth-order valence-electron chi connectivity index (χ4n) is 1.07. The van der Waals surface area contributed by atoms with Crippen LogP contribution in [0.2, 0.25) is 0 Å². The van der Waals surface area contributed by atoms with Gasteiger partial charge < -0.3 is 0 Å². The summed E-state index contributed by atoms with van der Waals surface area (Å²) in [6.45, 7) is 0. The van der Waals surface area contributed by atoms with Crippen molar-refractivity contribution in [1.82, 2.24) is 0 Å². The molecule has 0 heterocycles. The number of hydrogen-bond donors (Lipinski definition) is 5. The van der Waals surface area contributed by atoms with Crippen LogP contribution < -0.4 is 9.67 Å². The number of rotatable bonds is 4. The summed E-state index contributed by atoms with van der Waals surface area (Å²) in [5, 5.41) is 2.32. The van der Waals surface area contributed by atoms with E-state index in [0.29, 0.717) is 0 Å². The molecule has 0 fully saturated rings. The molecule has 0 radical (unpaired) electrons. The number of nitrogens with one attached hydrogen (secondary N) is 1. The minimum absolute atomic E-state index is 0.0401. The van der Waals surface area contributed by atoms with Gasteiger partial charge in [0, 0.05) is 0 Å². The van der Waals surface area contributed by atoms with Crippen LogP contribution in [0.15, 0.2) is 24.3 Å². The molecule has 0 unspecified atom stereocenters. The van der Waals surface area contributed by atoms with Crippen LogP contribution in [0.25, 0.3) is 0 Å². The Morgan fingerprint density at radius 1 is 1.25 bits per heavy atom. The van der Waals surface area contributed by atoms with Gasteiger partial charge in [-0.15, -0.1) is 0 Å². The molecular formula is C7H11AsNO6P. The number of benzene rings is 1. The molecule has 5 N–H and O–H groups in total. The van der Waals surface area contributed by atoms with Crippen molar-refractivity contribution in [3.05, 3.63) is 24.3 Å². The first kappa shape index (κ1) is 13.5. The van der Waals surface area contributed by atoms with E-state index < -0.39 is 28.1 Å². The van der Waals surface area contributed by atoms with Crippen LogP contribution in [0.1, 0.15) is 0 Å². The molecule has 1 rings (SSSR count). The molecule has 0 saturated carbocycles. The standard InChI is InChI=1S/C7H11AsNO6P/c10-8(11,12)6-3-1-2-4-7(6)9-5-16(13,14)15/h1-4,9H,5H2,(H2,10,11,12)(H2,13,14,15). The van der Waals surface area contributed by atoms with Gasteiger partial charge in [-0.3, -0.25) is 0 Å². The second kappa shape index (κ2) is 4.75. The molecule has 1 aromatic rings. The Hall–Kier alpha value is -0.552. The van der Waals surface area contributed by atoms with E-state index in [1.54, 1.807) is 0 Å². The number of hydrogen-bond acceptors (Lipinski definition) is 3. The van der Waals surface area contributed by atoms with Crippen molar-refractivity contribution in [3.63, 3.8) is 0 Å². The zero-order valence-electron chi connectivity index (χ0n) is 8.02. The van der Waals surface area contributed by atoms with Gasteiger partial charge in [-0.05, 0) is 0 Å². The topological polar surface area (TPSA) is 127 Å². The van der Waals surface area contributed by atoms with Crippen LogP contribution in [0.3, 0.4) is 0 Å². The molecule has 0 aromatic heterocycles. The SMILES string of the molecule is O=P(O)(O)CNc1ccccc1[As](=O)(O)O. The third-order valence-electron chi connectivity index (χ3n) is 1.69. The Balaban J connectivity index is 2.97. The van der Waals surface area contributed by atoms with Crippen LogP contribution >= 0.6 is 7.60 Å². The van der Waals surface area contributed by atoms with Crippen molar-refractivity contribution in [2.24, 2.45) is 0 Å². The normalized spacial score (nSPS) is 12.5. The molecule has 0 aliphatic rings. The molecule has 90 valence electrons. The molecule has 9 heteroatoms. The van der Waals surface area contributed by atoms with Crippen LogP contribution in [0, 0.1) is 0 Å². The average Bonchev–Trinajstić information content (AvgIpc) is 2.12. The van der Waals surface area contributed by atoms with E-state index in [2.05, 4.69) is 5.32 Å². The zero-order valence-corrected chi connectivity index (χ0v) is 10.8. The fraction of sp³-hybridized carbons (Fsp3) is 0.143. The van der Waals surface area contributed by atoms with Gasteiger partial charge in [0.25, 0.3) is 0 Å². The molecule has 0 bridgehead atoms. The molecule has 0 atom stereocenters. The summed E-state index contributed by atoms with van der Waals surface area (Å²) in [5.74, 6) is 0. The molecule has 0 saturated heterocycles. The first-order chi connectivity index (χ1) is 7.20. The Kier molecular flexibility index (Phi) is 4.01. The van der Waals surface area contributed by atoms with Crippen LogP contribution in [0.5, 0.6) is 0 Å². The zero-order chi connectivity index (χ0) is 12.4. The average molecular weight is 311 g/mol. The predicted molar refractivity (Wildman–Crippen MR) is 57.5 cm³/mol. The van der Waals surface area contributed by atoms with E-state index in [0.717, 1.165) is 0 Å². The molecule has 16 heavy (non-hydrogen) atoms. The summed E-state index contributed by atoms with van der Waals surface area (Å²) in [4.78, 5) is 17.3. The Bertz CT molecular complexity index is 466. The summed E-state index contributed by atoms with van der Waals surface area (Å²) in [6.07, 6.45) is -0.667. The third kappa shape index (κ3) is 4.14. The first-order valence-corrected chi connectivity index (χ1v) is 9.32. The Morgan fingerprint density at radius 3 is 2.31 bits per heavy atom. The summed E-state index contributed by atoms with van der Waals surface area (Å²) in [7, 11) is -4.26. The molecule has 0 aliphatic heterocycles. The van der Waals surface area contributed by atoms with Crippen LogP contribution in [0.4, 0.5) is 5.69 Å². The molecule has 7 nitrogen and oxygen atoms in total. The predicted octanol–water partition coefficient (Wildman–Crippen LogP) is -1.21. The Labute approximate surface area is 94.3 Å². The van der Waals surface area contributed by atoms with E-state index >= 15 is 0 Å². The molecule has 1 aromatic carbocycles. The Morgan fingerprint density at radius 2 is 1.81 bits per heavy atom. The fourth-order valence-corrected chi connectivity index (χ4v) is 3.01. The maximum absolute atomic E-state index is 11.1. The number of para-hydroxylation sites is 1. The van der Waals surface area contributed by atoms with Crippen molar-refractivity contribution in [2.45, 2.75) is 0 Å². The van der Waals surface area contributed by atoms with Gasteiger partial charge >= 0.3 is 94.0 Å². The quantitative estimate of drug-likeness (QED) is 0.349. The van der Waals surface area contributed by atoms with Crippen molar-refractivity contribution in [1.29, 1.82) is 0 Å². The first-order valence-electron chi connectivity index (χ1n) is 4.14. The van der Waals surface area contributed by atoms with Crippen molar-refractivity contribution >= 4 is 31.8 Å². The van der Waals surface area contributed by atoms with Crippen LogP contribution in [-0.2, 0) is 8.30 Å². The van der Waals surface area contributed by atoms with Crippen molar-refractivity contribution in [2.75, 3.05) is 11.6 Å². The van der Waals surface area contributed by atoms with Gasteiger partial charge in [0.1, 0.15) is 0 Å². The van der Waals surface area contributed by atoms with E-state index in [4.69, 9.17) is 18.0 Å². The van der Waals surface area contributed by atoms with E-state index in [1.807, 2.05) is 0 Å². The number of anilines is 1. The minimum atomic E-state index is -5.08. The van der Waals surface area contributed by atoms with Gasteiger partial charge in [-0.2, -0.15) is 0 Å². The summed E-state index contributed by atoms with van der Waals surface area (Å²) in [6, 6.07) is 5.53. The van der Waals surface area contributed by atoms with Crippen molar-refractivity contribution in [3.8, 4) is 0 Å². The van der Waals surface area contributed by atoms with E-state index in [-0.39, 0.29) is 10.0 Å². The third-order valence-corrected chi connectivity index (χ3v) is 4.40. The molecule has 0 spiro atoms. The molecular weight excluding hydrogens is 300 g/mol. The van der Waals surface area contributed by atoms with Gasteiger partial charge in [0.05, 0.1) is 0 Å².